The normalized spacial score (nSPS) is 9.35. The number of hydrogen-bond acceptors (Lipinski definition) is 3. The first kappa shape index (κ1) is 13.5. The van der Waals surface area contributed by atoms with Gasteiger partial charge in [0.25, 0.3) is 0 Å². The zero-order valence-electron chi connectivity index (χ0n) is 11.1. The summed E-state index contributed by atoms with van der Waals surface area (Å²) in [5.74, 6) is 0.815. The van der Waals surface area contributed by atoms with Gasteiger partial charge in [0.15, 0.2) is 0 Å². The van der Waals surface area contributed by atoms with Crippen molar-refractivity contribution in [2.24, 2.45) is 0 Å². The second-order valence-corrected chi connectivity index (χ2v) is 4.01. The van der Waals surface area contributed by atoms with Gasteiger partial charge in [-0.2, -0.15) is 10.5 Å². The lowest BCUT2D eigenvalue weighted by Crippen LogP contribution is -1.96. The lowest BCUT2D eigenvalue weighted by molar-refractivity contribution is 0.340. The van der Waals surface area contributed by atoms with Gasteiger partial charge >= 0.3 is 0 Å². The van der Waals surface area contributed by atoms with Gasteiger partial charge in [0.1, 0.15) is 23.5 Å². The Morgan fingerprint density at radius 1 is 1.20 bits per heavy atom. The highest BCUT2D eigenvalue weighted by Crippen LogP contribution is 2.19. The van der Waals surface area contributed by atoms with E-state index in [2.05, 4.69) is 0 Å². The van der Waals surface area contributed by atoms with Crippen LogP contribution in [-0.4, -0.2) is 11.2 Å². The summed E-state index contributed by atoms with van der Waals surface area (Å²) in [7, 11) is 0. The third-order valence-corrected chi connectivity index (χ3v) is 2.74. The maximum atomic E-state index is 8.82. The van der Waals surface area contributed by atoms with E-state index in [9.17, 15) is 0 Å². The van der Waals surface area contributed by atoms with Crippen molar-refractivity contribution in [2.45, 2.75) is 6.92 Å². The van der Waals surface area contributed by atoms with E-state index in [0.29, 0.717) is 6.61 Å². The number of ether oxygens (including phenoxy) is 1. The van der Waals surface area contributed by atoms with Crippen LogP contribution < -0.4 is 4.74 Å². The fourth-order valence-electron chi connectivity index (χ4n) is 1.85. The molecule has 2 rings (SSSR count). The number of nitriles is 2. The van der Waals surface area contributed by atoms with Crippen molar-refractivity contribution < 1.29 is 4.74 Å². The molecular formula is C16H13N3O. The standard InChI is InChI=1S/C16H13N3O/c1-2-20-16-7-5-14(6-8-16)19-9-3-4-15(19)10-13(11-17)12-18/h3-10H,2H2,1H3. The molecule has 0 bridgehead atoms. The van der Waals surface area contributed by atoms with Crippen molar-refractivity contribution in [2.75, 3.05) is 6.61 Å². The molecule has 0 aliphatic heterocycles. The molecule has 1 heterocycles. The van der Waals surface area contributed by atoms with Crippen LogP contribution in [-0.2, 0) is 0 Å². The summed E-state index contributed by atoms with van der Waals surface area (Å²) in [6.45, 7) is 2.57. The summed E-state index contributed by atoms with van der Waals surface area (Å²) in [4.78, 5) is 0. The average molecular weight is 263 g/mol. The number of hydrogen-bond donors (Lipinski definition) is 0. The van der Waals surface area contributed by atoms with Crippen LogP contribution in [0.25, 0.3) is 11.8 Å². The average Bonchev–Trinajstić information content (AvgIpc) is 2.94. The minimum Gasteiger partial charge on any atom is -0.494 e. The molecule has 4 heteroatoms. The smallest absolute Gasteiger partial charge is 0.131 e. The number of aromatic nitrogens is 1. The summed E-state index contributed by atoms with van der Waals surface area (Å²) >= 11 is 0. The molecule has 0 radical (unpaired) electrons. The van der Waals surface area contributed by atoms with Crippen LogP contribution in [0.5, 0.6) is 5.75 Å². The molecule has 1 aromatic carbocycles. The van der Waals surface area contributed by atoms with Gasteiger partial charge in [-0.05, 0) is 49.4 Å². The van der Waals surface area contributed by atoms with Crippen molar-refractivity contribution in [1.82, 2.24) is 4.57 Å². The summed E-state index contributed by atoms with van der Waals surface area (Å²) in [6.07, 6.45) is 3.45. The third kappa shape index (κ3) is 2.88. The second kappa shape index (κ2) is 6.26. The molecule has 0 unspecified atom stereocenters. The first-order chi connectivity index (χ1) is 9.78. The molecule has 0 fully saturated rings. The van der Waals surface area contributed by atoms with Crippen LogP contribution in [0.4, 0.5) is 0 Å². The van der Waals surface area contributed by atoms with Gasteiger partial charge in [-0.15, -0.1) is 0 Å². The minimum atomic E-state index is 0.0795. The highest BCUT2D eigenvalue weighted by Gasteiger charge is 2.03. The van der Waals surface area contributed by atoms with Crippen LogP contribution in [0, 0.1) is 22.7 Å². The molecule has 4 nitrogen and oxygen atoms in total. The Bertz CT molecular complexity index is 681. The van der Waals surface area contributed by atoms with E-state index < -0.39 is 0 Å². The van der Waals surface area contributed by atoms with Crippen LogP contribution in [0.3, 0.4) is 0 Å². The van der Waals surface area contributed by atoms with Gasteiger partial charge in [-0.3, -0.25) is 0 Å². The molecule has 0 aliphatic rings. The Kier molecular flexibility index (Phi) is 4.21. The van der Waals surface area contributed by atoms with Crippen molar-refractivity contribution in [1.29, 1.82) is 10.5 Å². The SMILES string of the molecule is CCOc1ccc(-n2cccc2C=C(C#N)C#N)cc1. The van der Waals surface area contributed by atoms with E-state index in [1.54, 1.807) is 6.08 Å². The van der Waals surface area contributed by atoms with Gasteiger partial charge in [-0.25, -0.2) is 0 Å². The van der Waals surface area contributed by atoms with E-state index in [4.69, 9.17) is 15.3 Å². The molecule has 0 saturated carbocycles. The van der Waals surface area contributed by atoms with Gasteiger partial charge in [-0.1, -0.05) is 0 Å². The minimum absolute atomic E-state index is 0.0795. The molecule has 0 atom stereocenters. The first-order valence-corrected chi connectivity index (χ1v) is 6.21. The third-order valence-electron chi connectivity index (χ3n) is 2.74. The summed E-state index contributed by atoms with van der Waals surface area (Å²) in [6, 6.07) is 15.1. The predicted molar refractivity (Wildman–Crippen MR) is 76.1 cm³/mol. The van der Waals surface area contributed by atoms with Gasteiger partial charge in [0, 0.05) is 17.6 Å². The molecule has 0 saturated heterocycles. The molecule has 20 heavy (non-hydrogen) atoms. The highest BCUT2D eigenvalue weighted by molar-refractivity contribution is 5.61. The largest absolute Gasteiger partial charge is 0.494 e. The molecule has 0 amide bonds. The zero-order valence-corrected chi connectivity index (χ0v) is 11.1. The summed E-state index contributed by atoms with van der Waals surface area (Å²) in [5.41, 5.74) is 1.81. The first-order valence-electron chi connectivity index (χ1n) is 6.21. The topological polar surface area (TPSA) is 61.7 Å². The van der Waals surface area contributed by atoms with Gasteiger partial charge in [0.05, 0.1) is 6.61 Å². The molecule has 0 spiro atoms. The summed E-state index contributed by atoms with van der Waals surface area (Å²) < 4.78 is 7.31. The Labute approximate surface area is 117 Å². The molecule has 98 valence electrons. The molecule has 0 N–H and O–H groups in total. The van der Waals surface area contributed by atoms with E-state index in [1.165, 1.54) is 0 Å². The van der Waals surface area contributed by atoms with E-state index in [-0.39, 0.29) is 5.57 Å². The quantitative estimate of drug-likeness (QED) is 0.795. The van der Waals surface area contributed by atoms with Crippen LogP contribution in [0.2, 0.25) is 0 Å². The number of nitrogens with zero attached hydrogens (tertiary/aromatic N) is 3. The fraction of sp³-hybridized carbons (Fsp3) is 0.125. The van der Waals surface area contributed by atoms with Crippen LogP contribution >= 0.6 is 0 Å². The zero-order chi connectivity index (χ0) is 14.4. The Morgan fingerprint density at radius 2 is 1.90 bits per heavy atom. The Morgan fingerprint density at radius 3 is 2.50 bits per heavy atom. The maximum Gasteiger partial charge on any atom is 0.131 e. The van der Waals surface area contributed by atoms with E-state index in [0.717, 1.165) is 17.1 Å². The van der Waals surface area contributed by atoms with E-state index >= 15 is 0 Å². The molecule has 2 aromatic rings. The lowest BCUT2D eigenvalue weighted by atomic mass is 10.2. The van der Waals surface area contributed by atoms with Crippen molar-refractivity contribution >= 4 is 6.08 Å². The van der Waals surface area contributed by atoms with E-state index in [1.807, 2.05) is 66.2 Å². The monoisotopic (exact) mass is 263 g/mol. The fourth-order valence-corrected chi connectivity index (χ4v) is 1.85. The lowest BCUT2D eigenvalue weighted by Gasteiger charge is -2.08. The maximum absolute atomic E-state index is 8.82. The Hall–Kier alpha value is -2.98. The van der Waals surface area contributed by atoms with Gasteiger partial charge < -0.3 is 9.30 Å². The van der Waals surface area contributed by atoms with Gasteiger partial charge in [0.2, 0.25) is 0 Å². The number of benzene rings is 1. The van der Waals surface area contributed by atoms with Crippen LogP contribution in [0.15, 0.2) is 48.2 Å². The Balaban J connectivity index is 2.35. The van der Waals surface area contributed by atoms with Crippen molar-refractivity contribution in [3.8, 4) is 23.6 Å². The van der Waals surface area contributed by atoms with Crippen molar-refractivity contribution in [3.05, 3.63) is 53.9 Å². The summed E-state index contributed by atoms with van der Waals surface area (Å²) in [5, 5.41) is 17.6. The highest BCUT2D eigenvalue weighted by atomic mass is 16.5. The number of allylic oxidation sites excluding steroid dienone is 1. The number of rotatable bonds is 4. The van der Waals surface area contributed by atoms with Crippen LogP contribution in [0.1, 0.15) is 12.6 Å². The molecular weight excluding hydrogens is 250 g/mol. The predicted octanol–water partition coefficient (Wildman–Crippen LogP) is 3.31. The molecule has 1 aromatic heterocycles. The second-order valence-electron chi connectivity index (χ2n) is 4.01. The van der Waals surface area contributed by atoms with Crippen molar-refractivity contribution in [3.63, 3.8) is 0 Å². The molecule has 0 aliphatic carbocycles.